The van der Waals surface area contributed by atoms with Crippen LogP contribution >= 0.6 is 0 Å². The number of anilines is 1. The molecule has 2 N–H and O–H groups in total. The standard InChI is InChI=1S/C19H17N3O5S/c1-11-3-8-15-14(9-11)19(16(23)20-18(25)21-19)17(24)22(15)10-12-4-6-13(7-5-12)28(2,26)27/h3-9H,10H2,1-2H3,(H2,20,21,23,25). The molecule has 0 radical (unpaired) electrons. The van der Waals surface area contributed by atoms with Crippen LogP contribution in [0.1, 0.15) is 16.7 Å². The normalized spacial score (nSPS) is 21.1. The molecule has 2 heterocycles. The number of nitrogens with one attached hydrogen (secondary N) is 2. The maximum absolute atomic E-state index is 13.2. The quantitative estimate of drug-likeness (QED) is 0.590. The van der Waals surface area contributed by atoms with Gasteiger partial charge in [0.05, 0.1) is 17.1 Å². The maximum atomic E-state index is 13.2. The number of hydrogen-bond donors (Lipinski definition) is 2. The van der Waals surface area contributed by atoms with Crippen molar-refractivity contribution in [1.29, 1.82) is 0 Å². The van der Waals surface area contributed by atoms with Crippen LogP contribution in [-0.2, 0) is 31.5 Å². The van der Waals surface area contributed by atoms with E-state index in [9.17, 15) is 22.8 Å². The average molecular weight is 399 g/mol. The average Bonchev–Trinajstić information content (AvgIpc) is 3.04. The number of imide groups is 1. The van der Waals surface area contributed by atoms with E-state index in [4.69, 9.17) is 0 Å². The lowest BCUT2D eigenvalue weighted by Crippen LogP contribution is -2.52. The molecule has 2 aliphatic rings. The van der Waals surface area contributed by atoms with Crippen LogP contribution in [0.3, 0.4) is 0 Å². The first-order valence-corrected chi connectivity index (χ1v) is 10.4. The first-order chi connectivity index (χ1) is 13.1. The van der Waals surface area contributed by atoms with E-state index in [1.807, 2.05) is 13.0 Å². The van der Waals surface area contributed by atoms with Gasteiger partial charge in [-0.15, -0.1) is 0 Å². The molecule has 1 saturated heterocycles. The zero-order valence-electron chi connectivity index (χ0n) is 15.1. The Morgan fingerprint density at radius 1 is 1.04 bits per heavy atom. The Balaban J connectivity index is 1.76. The van der Waals surface area contributed by atoms with Crippen LogP contribution < -0.4 is 15.5 Å². The second kappa shape index (κ2) is 5.90. The summed E-state index contributed by atoms with van der Waals surface area (Å²) in [5.74, 6) is -1.26. The molecule has 4 rings (SSSR count). The number of hydrogen-bond acceptors (Lipinski definition) is 5. The van der Waals surface area contributed by atoms with Gasteiger partial charge >= 0.3 is 6.03 Å². The second-order valence-corrected chi connectivity index (χ2v) is 9.00. The molecule has 2 aromatic carbocycles. The summed E-state index contributed by atoms with van der Waals surface area (Å²) in [5, 5.41) is 4.63. The van der Waals surface area contributed by atoms with Gasteiger partial charge in [0.15, 0.2) is 9.84 Å². The molecule has 1 spiro atoms. The molecule has 0 bridgehead atoms. The van der Waals surface area contributed by atoms with Crippen molar-refractivity contribution in [3.63, 3.8) is 0 Å². The van der Waals surface area contributed by atoms with Gasteiger partial charge in [-0.25, -0.2) is 13.2 Å². The van der Waals surface area contributed by atoms with E-state index in [-0.39, 0.29) is 11.4 Å². The molecule has 0 aliphatic carbocycles. The fourth-order valence-electron chi connectivity index (χ4n) is 3.59. The van der Waals surface area contributed by atoms with Crippen molar-refractivity contribution in [1.82, 2.24) is 10.6 Å². The topological polar surface area (TPSA) is 113 Å². The highest BCUT2D eigenvalue weighted by atomic mass is 32.2. The summed E-state index contributed by atoms with van der Waals surface area (Å²) in [6.07, 6.45) is 1.12. The minimum Gasteiger partial charge on any atom is -0.312 e. The van der Waals surface area contributed by atoms with E-state index in [0.717, 1.165) is 11.8 Å². The summed E-state index contributed by atoms with van der Waals surface area (Å²) in [7, 11) is -3.32. The predicted octanol–water partition coefficient (Wildman–Crippen LogP) is 0.980. The number of carbonyl (C=O) groups excluding carboxylic acids is 3. The molecule has 4 amide bonds. The fraction of sp³-hybridized carbons (Fsp3) is 0.211. The van der Waals surface area contributed by atoms with Crippen LogP contribution in [0.5, 0.6) is 0 Å². The van der Waals surface area contributed by atoms with Crippen molar-refractivity contribution in [2.45, 2.75) is 23.9 Å². The molecule has 2 aliphatic heterocycles. The monoisotopic (exact) mass is 399 g/mol. The van der Waals surface area contributed by atoms with Crippen molar-refractivity contribution < 1.29 is 22.8 Å². The van der Waals surface area contributed by atoms with Crippen LogP contribution in [0.15, 0.2) is 47.4 Å². The van der Waals surface area contributed by atoms with Gasteiger partial charge in [-0.05, 0) is 30.7 Å². The van der Waals surface area contributed by atoms with Crippen LogP contribution in [0.25, 0.3) is 0 Å². The van der Waals surface area contributed by atoms with Gasteiger partial charge in [0.2, 0.25) is 5.54 Å². The van der Waals surface area contributed by atoms with E-state index in [1.165, 1.54) is 17.0 Å². The molecule has 8 nitrogen and oxygen atoms in total. The Bertz CT molecular complexity index is 1140. The van der Waals surface area contributed by atoms with E-state index < -0.39 is 33.2 Å². The van der Waals surface area contributed by atoms with Gasteiger partial charge in [-0.3, -0.25) is 14.9 Å². The molecule has 28 heavy (non-hydrogen) atoms. The largest absolute Gasteiger partial charge is 0.323 e. The number of aryl methyl sites for hydroxylation is 1. The fourth-order valence-corrected chi connectivity index (χ4v) is 4.22. The first-order valence-electron chi connectivity index (χ1n) is 8.48. The number of fused-ring (bicyclic) bond motifs is 2. The Hall–Kier alpha value is -3.20. The minimum absolute atomic E-state index is 0.129. The van der Waals surface area contributed by atoms with Crippen molar-refractivity contribution in [2.24, 2.45) is 0 Å². The second-order valence-electron chi connectivity index (χ2n) is 6.99. The molecule has 1 unspecified atom stereocenters. The highest BCUT2D eigenvalue weighted by Crippen LogP contribution is 2.43. The highest BCUT2D eigenvalue weighted by Gasteiger charge is 2.61. The van der Waals surface area contributed by atoms with Gasteiger partial charge in [0.25, 0.3) is 11.8 Å². The van der Waals surface area contributed by atoms with Crippen molar-refractivity contribution in [3.8, 4) is 0 Å². The maximum Gasteiger partial charge on any atom is 0.323 e. The van der Waals surface area contributed by atoms with Crippen LogP contribution in [0, 0.1) is 6.92 Å². The van der Waals surface area contributed by atoms with Crippen molar-refractivity contribution >= 4 is 33.4 Å². The third-order valence-corrected chi connectivity index (χ3v) is 6.10. The van der Waals surface area contributed by atoms with Gasteiger partial charge < -0.3 is 10.2 Å². The lowest BCUT2D eigenvalue weighted by atomic mass is 9.90. The summed E-state index contributed by atoms with van der Waals surface area (Å²) >= 11 is 0. The SMILES string of the molecule is Cc1ccc2c(c1)C1(NC(=O)NC1=O)C(=O)N2Cc1ccc(S(C)(=O)=O)cc1. The third kappa shape index (κ3) is 2.58. The molecular formula is C19H17N3O5S. The van der Waals surface area contributed by atoms with Crippen LogP contribution in [-0.4, -0.2) is 32.5 Å². The van der Waals surface area contributed by atoms with Crippen LogP contribution in [0.4, 0.5) is 10.5 Å². The lowest BCUT2D eigenvalue weighted by molar-refractivity contribution is -0.134. The zero-order chi connectivity index (χ0) is 20.3. The number of carbonyl (C=O) groups is 3. The molecule has 1 atom stereocenters. The zero-order valence-corrected chi connectivity index (χ0v) is 16.0. The van der Waals surface area contributed by atoms with E-state index in [2.05, 4.69) is 10.6 Å². The predicted molar refractivity (Wildman–Crippen MR) is 100 cm³/mol. The van der Waals surface area contributed by atoms with Gasteiger partial charge in [0.1, 0.15) is 0 Å². The van der Waals surface area contributed by atoms with Crippen molar-refractivity contribution in [3.05, 3.63) is 59.2 Å². The summed E-state index contributed by atoms with van der Waals surface area (Å²) < 4.78 is 23.2. The number of rotatable bonds is 3. The summed E-state index contributed by atoms with van der Waals surface area (Å²) in [6.45, 7) is 1.96. The summed E-state index contributed by atoms with van der Waals surface area (Å²) in [4.78, 5) is 39.2. The molecule has 0 saturated carbocycles. The summed E-state index contributed by atoms with van der Waals surface area (Å²) in [5.41, 5.74) is 0.715. The first kappa shape index (κ1) is 18.2. The Morgan fingerprint density at radius 2 is 1.71 bits per heavy atom. The van der Waals surface area contributed by atoms with Crippen LogP contribution in [0.2, 0.25) is 0 Å². The lowest BCUT2D eigenvalue weighted by Gasteiger charge is -2.21. The van der Waals surface area contributed by atoms with Gasteiger partial charge in [-0.1, -0.05) is 29.8 Å². The van der Waals surface area contributed by atoms with E-state index in [1.54, 1.807) is 24.3 Å². The molecular weight excluding hydrogens is 382 g/mol. The molecule has 1 fully saturated rings. The molecule has 0 aromatic heterocycles. The smallest absolute Gasteiger partial charge is 0.312 e. The van der Waals surface area contributed by atoms with Crippen molar-refractivity contribution in [2.75, 3.05) is 11.2 Å². The number of urea groups is 1. The Morgan fingerprint density at radius 3 is 2.29 bits per heavy atom. The number of sulfone groups is 1. The number of amides is 4. The third-order valence-electron chi connectivity index (χ3n) is 4.97. The van der Waals surface area contributed by atoms with Gasteiger partial charge in [-0.2, -0.15) is 0 Å². The minimum atomic E-state index is -3.32. The van der Waals surface area contributed by atoms with Gasteiger partial charge in [0, 0.05) is 11.8 Å². The Labute approximate surface area is 161 Å². The molecule has 144 valence electrons. The van der Waals surface area contributed by atoms with E-state index in [0.29, 0.717) is 16.8 Å². The molecule has 2 aromatic rings. The highest BCUT2D eigenvalue weighted by molar-refractivity contribution is 7.90. The summed E-state index contributed by atoms with van der Waals surface area (Å²) in [6, 6.07) is 10.7. The van der Waals surface area contributed by atoms with E-state index >= 15 is 0 Å². The Kier molecular flexibility index (Phi) is 3.83. The number of benzene rings is 2. The molecule has 9 heteroatoms. The number of nitrogens with zero attached hydrogens (tertiary/aromatic N) is 1.